The highest BCUT2D eigenvalue weighted by Gasteiger charge is 2.18. The minimum Gasteiger partial charge on any atom is -0.489 e. The van der Waals surface area contributed by atoms with Crippen molar-refractivity contribution < 1.29 is 14.6 Å². The van der Waals surface area contributed by atoms with Crippen molar-refractivity contribution in [2.24, 2.45) is 0 Å². The van der Waals surface area contributed by atoms with Crippen molar-refractivity contribution in [3.05, 3.63) is 29.8 Å². The third-order valence-electron chi connectivity index (χ3n) is 2.89. The van der Waals surface area contributed by atoms with E-state index < -0.39 is 5.97 Å². The number of carbonyl (C=O) groups is 1. The summed E-state index contributed by atoms with van der Waals surface area (Å²) < 4.78 is 5.71. The van der Waals surface area contributed by atoms with Crippen LogP contribution in [0.2, 0.25) is 0 Å². The van der Waals surface area contributed by atoms with Crippen LogP contribution in [-0.4, -0.2) is 17.2 Å². The molecule has 1 aliphatic rings. The van der Waals surface area contributed by atoms with Crippen LogP contribution in [0.1, 0.15) is 42.5 Å². The van der Waals surface area contributed by atoms with Gasteiger partial charge in [-0.3, -0.25) is 0 Å². The van der Waals surface area contributed by atoms with Crippen LogP contribution in [0.5, 0.6) is 5.75 Å². The number of carboxylic acid groups (broad SMARTS) is 1. The second-order valence-electron chi connectivity index (χ2n) is 4.10. The molecule has 0 amide bonds. The zero-order chi connectivity index (χ0) is 11.4. The van der Waals surface area contributed by atoms with Gasteiger partial charge >= 0.3 is 5.97 Å². The third-order valence-corrected chi connectivity index (χ3v) is 2.89. The molecule has 0 bridgehead atoms. The first kappa shape index (κ1) is 11.0. The minimum atomic E-state index is -0.956. The summed E-state index contributed by atoms with van der Waals surface area (Å²) in [6.07, 6.45) is 5.78. The van der Waals surface area contributed by atoms with Crippen molar-refractivity contribution in [3.8, 4) is 5.75 Å². The fourth-order valence-corrected chi connectivity index (χ4v) is 2.04. The number of aromatic carboxylic acids is 1. The van der Waals surface area contributed by atoms with Crippen LogP contribution in [0.15, 0.2) is 18.2 Å². The summed E-state index contributed by atoms with van der Waals surface area (Å²) in [4.78, 5) is 11.0. The molecule has 1 aromatic carbocycles. The molecule has 0 aliphatic heterocycles. The van der Waals surface area contributed by atoms with E-state index in [-0.39, 0.29) is 11.7 Å². The second kappa shape index (κ2) is 5.01. The molecule has 0 heterocycles. The van der Waals surface area contributed by atoms with E-state index in [2.05, 4.69) is 6.07 Å². The normalized spacial score (nSPS) is 17.0. The Labute approximate surface area is 95.0 Å². The summed E-state index contributed by atoms with van der Waals surface area (Å²) in [7, 11) is 0. The SMILES string of the molecule is O=C(O)c1ccc[c]c1OC1CCCCC1. The van der Waals surface area contributed by atoms with Gasteiger partial charge in [-0.2, -0.15) is 0 Å². The highest BCUT2D eigenvalue weighted by Crippen LogP contribution is 2.25. The molecule has 3 heteroatoms. The Kier molecular flexibility index (Phi) is 3.44. The highest BCUT2D eigenvalue weighted by molar-refractivity contribution is 5.90. The zero-order valence-electron chi connectivity index (χ0n) is 9.11. The Morgan fingerprint density at radius 1 is 1.38 bits per heavy atom. The molecule has 1 saturated carbocycles. The molecule has 85 valence electrons. The number of benzene rings is 1. The highest BCUT2D eigenvalue weighted by atomic mass is 16.5. The Bertz CT molecular complexity index is 367. The van der Waals surface area contributed by atoms with Crippen molar-refractivity contribution in [1.29, 1.82) is 0 Å². The molecule has 0 atom stereocenters. The summed E-state index contributed by atoms with van der Waals surface area (Å²) in [6.45, 7) is 0. The molecule has 0 unspecified atom stereocenters. The van der Waals surface area contributed by atoms with Crippen LogP contribution in [0.25, 0.3) is 0 Å². The zero-order valence-corrected chi connectivity index (χ0v) is 9.11. The van der Waals surface area contributed by atoms with Gasteiger partial charge in [-0.1, -0.05) is 18.6 Å². The van der Waals surface area contributed by atoms with Crippen LogP contribution in [-0.2, 0) is 0 Å². The summed E-state index contributed by atoms with van der Waals surface area (Å²) >= 11 is 0. The Hall–Kier alpha value is -1.51. The first-order chi connectivity index (χ1) is 7.77. The molecule has 0 spiro atoms. The van der Waals surface area contributed by atoms with Gasteiger partial charge in [0.05, 0.1) is 6.10 Å². The van der Waals surface area contributed by atoms with E-state index in [1.54, 1.807) is 18.2 Å². The molecule has 0 aromatic heterocycles. The molecule has 1 N–H and O–H groups in total. The molecule has 2 rings (SSSR count). The lowest BCUT2D eigenvalue weighted by atomic mass is 9.97. The van der Waals surface area contributed by atoms with Crippen molar-refractivity contribution in [2.75, 3.05) is 0 Å². The van der Waals surface area contributed by atoms with Gasteiger partial charge in [0.25, 0.3) is 0 Å². The van der Waals surface area contributed by atoms with Crippen molar-refractivity contribution in [2.45, 2.75) is 38.2 Å². The standard InChI is InChI=1S/C13H15O3/c14-13(15)11-8-4-5-9-12(11)16-10-6-2-1-3-7-10/h4-5,8,10H,1-3,6-7H2,(H,14,15). The average molecular weight is 219 g/mol. The average Bonchev–Trinajstić information content (AvgIpc) is 2.31. The molecule has 1 radical (unpaired) electrons. The van der Waals surface area contributed by atoms with E-state index >= 15 is 0 Å². The number of hydrogen-bond donors (Lipinski definition) is 1. The van der Waals surface area contributed by atoms with Gasteiger partial charge in [-0.25, -0.2) is 4.79 Å². The van der Waals surface area contributed by atoms with Crippen LogP contribution in [0.4, 0.5) is 0 Å². The predicted molar refractivity (Wildman–Crippen MR) is 59.7 cm³/mol. The molecule has 1 fully saturated rings. The largest absolute Gasteiger partial charge is 0.489 e. The van der Waals surface area contributed by atoms with Crippen molar-refractivity contribution in [3.63, 3.8) is 0 Å². The summed E-state index contributed by atoms with van der Waals surface area (Å²) in [5.74, 6) is -0.579. The number of hydrogen-bond acceptors (Lipinski definition) is 2. The lowest BCUT2D eigenvalue weighted by Crippen LogP contribution is -2.20. The van der Waals surface area contributed by atoms with E-state index in [0.717, 1.165) is 12.8 Å². The van der Waals surface area contributed by atoms with Crippen molar-refractivity contribution in [1.82, 2.24) is 0 Å². The molecular weight excluding hydrogens is 204 g/mol. The van der Waals surface area contributed by atoms with Gasteiger partial charge in [0, 0.05) is 6.07 Å². The van der Waals surface area contributed by atoms with Crippen LogP contribution >= 0.6 is 0 Å². The third kappa shape index (κ3) is 2.54. The first-order valence-electron chi connectivity index (χ1n) is 5.68. The molecule has 1 aromatic rings. The van der Waals surface area contributed by atoms with Gasteiger partial charge < -0.3 is 9.84 Å². The van der Waals surface area contributed by atoms with Gasteiger partial charge in [-0.05, 0) is 31.7 Å². The van der Waals surface area contributed by atoms with Crippen LogP contribution in [0, 0.1) is 6.07 Å². The maximum atomic E-state index is 11.0. The van der Waals surface area contributed by atoms with Gasteiger partial charge in [0.1, 0.15) is 11.3 Å². The molecule has 0 saturated heterocycles. The predicted octanol–water partition coefficient (Wildman–Crippen LogP) is 2.90. The number of rotatable bonds is 3. The van der Waals surface area contributed by atoms with Crippen molar-refractivity contribution >= 4 is 5.97 Å². The van der Waals surface area contributed by atoms with E-state index in [9.17, 15) is 4.79 Å². The lowest BCUT2D eigenvalue weighted by molar-refractivity contribution is 0.0686. The summed E-state index contributed by atoms with van der Waals surface area (Å²) in [5, 5.41) is 9.00. The van der Waals surface area contributed by atoms with Crippen LogP contribution in [0.3, 0.4) is 0 Å². The molecule has 3 nitrogen and oxygen atoms in total. The quantitative estimate of drug-likeness (QED) is 0.850. The summed E-state index contributed by atoms with van der Waals surface area (Å²) in [6, 6.07) is 7.76. The fraction of sp³-hybridized carbons (Fsp3) is 0.462. The van der Waals surface area contributed by atoms with E-state index in [4.69, 9.17) is 9.84 Å². The van der Waals surface area contributed by atoms with Gasteiger partial charge in [0.15, 0.2) is 0 Å². The van der Waals surface area contributed by atoms with Gasteiger partial charge in [-0.15, -0.1) is 0 Å². The van der Waals surface area contributed by atoms with Gasteiger partial charge in [0.2, 0.25) is 0 Å². The Morgan fingerprint density at radius 2 is 2.12 bits per heavy atom. The van der Waals surface area contributed by atoms with E-state index in [1.165, 1.54) is 19.3 Å². The maximum absolute atomic E-state index is 11.0. The number of para-hydroxylation sites is 1. The minimum absolute atomic E-state index is 0.158. The number of carboxylic acids is 1. The second-order valence-corrected chi connectivity index (χ2v) is 4.10. The summed E-state index contributed by atoms with van der Waals surface area (Å²) in [5.41, 5.74) is 0.202. The van der Waals surface area contributed by atoms with E-state index in [0.29, 0.717) is 5.75 Å². The molecule has 16 heavy (non-hydrogen) atoms. The number of ether oxygens (including phenoxy) is 1. The lowest BCUT2D eigenvalue weighted by Gasteiger charge is -2.23. The maximum Gasteiger partial charge on any atom is 0.339 e. The van der Waals surface area contributed by atoms with Crippen LogP contribution < -0.4 is 4.74 Å². The monoisotopic (exact) mass is 219 g/mol. The Balaban J connectivity index is 2.10. The first-order valence-corrected chi connectivity index (χ1v) is 5.68. The van der Waals surface area contributed by atoms with E-state index in [1.807, 2.05) is 0 Å². The topological polar surface area (TPSA) is 46.5 Å². The fourth-order valence-electron chi connectivity index (χ4n) is 2.04. The molecule has 1 aliphatic carbocycles. The smallest absolute Gasteiger partial charge is 0.339 e. The molecular formula is C13H15O3. The Morgan fingerprint density at radius 3 is 2.81 bits per heavy atom.